The topological polar surface area (TPSA) is 93.8 Å². The SMILES string of the molecule is Cc1nnc(NC(=O)CSc2nnc(-c3ccc(Br)cc3)o2)s1. The minimum absolute atomic E-state index is 0.153. The van der Waals surface area contributed by atoms with Crippen LogP contribution in [0.2, 0.25) is 0 Å². The molecular weight excluding hydrogens is 402 g/mol. The summed E-state index contributed by atoms with van der Waals surface area (Å²) < 4.78 is 6.51. The van der Waals surface area contributed by atoms with Gasteiger partial charge in [0.05, 0.1) is 5.75 Å². The van der Waals surface area contributed by atoms with Crippen LogP contribution in [-0.2, 0) is 4.79 Å². The van der Waals surface area contributed by atoms with Gasteiger partial charge in [0.1, 0.15) is 5.01 Å². The molecule has 0 aliphatic heterocycles. The lowest BCUT2D eigenvalue weighted by Gasteiger charge is -1.98. The Labute approximate surface area is 148 Å². The zero-order valence-corrected chi connectivity index (χ0v) is 15.0. The molecule has 0 atom stereocenters. The summed E-state index contributed by atoms with van der Waals surface area (Å²) in [6, 6.07) is 7.53. The van der Waals surface area contributed by atoms with Gasteiger partial charge in [0.15, 0.2) is 0 Å². The van der Waals surface area contributed by atoms with Crippen molar-refractivity contribution >= 4 is 50.1 Å². The van der Waals surface area contributed by atoms with Gasteiger partial charge < -0.3 is 4.42 Å². The van der Waals surface area contributed by atoms with Gasteiger partial charge in [0.2, 0.25) is 16.9 Å². The van der Waals surface area contributed by atoms with Crippen molar-refractivity contribution in [1.29, 1.82) is 0 Å². The Morgan fingerprint density at radius 1 is 1.26 bits per heavy atom. The van der Waals surface area contributed by atoms with E-state index in [2.05, 4.69) is 41.6 Å². The third-order valence-electron chi connectivity index (χ3n) is 2.60. The summed E-state index contributed by atoms with van der Waals surface area (Å²) in [5.74, 6) is 0.371. The molecular formula is C13H10BrN5O2S2. The predicted octanol–water partition coefficient (Wildman–Crippen LogP) is 3.39. The van der Waals surface area contributed by atoms with Crippen molar-refractivity contribution in [3.63, 3.8) is 0 Å². The van der Waals surface area contributed by atoms with E-state index in [0.29, 0.717) is 16.2 Å². The van der Waals surface area contributed by atoms with Gasteiger partial charge in [-0.25, -0.2) is 0 Å². The number of rotatable bonds is 5. The summed E-state index contributed by atoms with van der Waals surface area (Å²) in [6.07, 6.45) is 0. The smallest absolute Gasteiger partial charge is 0.277 e. The van der Waals surface area contributed by atoms with Gasteiger partial charge in [-0.05, 0) is 31.2 Å². The molecule has 2 aromatic heterocycles. The van der Waals surface area contributed by atoms with Crippen LogP contribution in [0.5, 0.6) is 0 Å². The highest BCUT2D eigenvalue weighted by molar-refractivity contribution is 9.10. The Bertz CT molecular complexity index is 818. The summed E-state index contributed by atoms with van der Waals surface area (Å²) in [5, 5.41) is 19.9. The molecule has 3 aromatic rings. The van der Waals surface area contributed by atoms with E-state index < -0.39 is 0 Å². The maximum atomic E-state index is 11.8. The van der Waals surface area contributed by atoms with E-state index in [4.69, 9.17) is 4.42 Å². The third-order valence-corrected chi connectivity index (χ3v) is 4.70. The van der Waals surface area contributed by atoms with Crippen LogP contribution in [0.25, 0.3) is 11.5 Å². The Hall–Kier alpha value is -1.78. The second-order valence-electron chi connectivity index (χ2n) is 4.34. The number of amides is 1. The monoisotopic (exact) mass is 411 g/mol. The first-order valence-electron chi connectivity index (χ1n) is 6.42. The van der Waals surface area contributed by atoms with Gasteiger partial charge >= 0.3 is 0 Å². The van der Waals surface area contributed by atoms with Crippen molar-refractivity contribution < 1.29 is 9.21 Å². The molecule has 0 aliphatic carbocycles. The lowest BCUT2D eigenvalue weighted by Crippen LogP contribution is -2.13. The number of hydrogen-bond acceptors (Lipinski definition) is 8. The van der Waals surface area contributed by atoms with E-state index in [1.807, 2.05) is 31.2 Å². The van der Waals surface area contributed by atoms with Crippen LogP contribution in [0.15, 0.2) is 38.4 Å². The molecule has 0 spiro atoms. The molecule has 0 saturated heterocycles. The number of anilines is 1. The number of halogens is 1. The fraction of sp³-hybridized carbons (Fsp3) is 0.154. The van der Waals surface area contributed by atoms with Crippen LogP contribution in [0.3, 0.4) is 0 Å². The lowest BCUT2D eigenvalue weighted by molar-refractivity contribution is -0.113. The summed E-state index contributed by atoms with van der Waals surface area (Å²) in [7, 11) is 0. The Morgan fingerprint density at radius 2 is 2.04 bits per heavy atom. The van der Waals surface area contributed by atoms with Crippen LogP contribution in [-0.4, -0.2) is 32.1 Å². The molecule has 0 fully saturated rings. The lowest BCUT2D eigenvalue weighted by atomic mass is 10.2. The van der Waals surface area contributed by atoms with Crippen LogP contribution in [0, 0.1) is 6.92 Å². The molecule has 0 aliphatic rings. The van der Waals surface area contributed by atoms with Gasteiger partial charge in [-0.2, -0.15) is 0 Å². The maximum Gasteiger partial charge on any atom is 0.277 e. The summed E-state index contributed by atoms with van der Waals surface area (Å²) in [5.41, 5.74) is 0.821. The second-order valence-corrected chi connectivity index (χ2v) is 7.37. The first kappa shape index (κ1) is 16.1. The number of carbonyl (C=O) groups excluding carboxylic acids is 1. The van der Waals surface area contributed by atoms with E-state index in [1.165, 1.54) is 23.1 Å². The van der Waals surface area contributed by atoms with Crippen molar-refractivity contribution in [1.82, 2.24) is 20.4 Å². The molecule has 118 valence electrons. The first-order chi connectivity index (χ1) is 11.1. The highest BCUT2D eigenvalue weighted by Crippen LogP contribution is 2.24. The molecule has 1 aromatic carbocycles. The van der Waals surface area contributed by atoms with E-state index in [-0.39, 0.29) is 11.7 Å². The molecule has 7 nitrogen and oxygen atoms in total. The molecule has 2 heterocycles. The van der Waals surface area contributed by atoms with Gasteiger partial charge in [0.25, 0.3) is 5.22 Å². The number of aryl methyl sites for hydroxylation is 1. The van der Waals surface area contributed by atoms with Gasteiger partial charge in [0, 0.05) is 10.0 Å². The van der Waals surface area contributed by atoms with E-state index >= 15 is 0 Å². The highest BCUT2D eigenvalue weighted by Gasteiger charge is 2.12. The number of carbonyl (C=O) groups is 1. The second kappa shape index (κ2) is 7.20. The van der Waals surface area contributed by atoms with E-state index in [9.17, 15) is 4.79 Å². The zero-order valence-electron chi connectivity index (χ0n) is 11.8. The molecule has 1 amide bonds. The van der Waals surface area contributed by atoms with Crippen LogP contribution < -0.4 is 5.32 Å². The molecule has 0 saturated carbocycles. The molecule has 3 rings (SSSR count). The van der Waals surface area contributed by atoms with Gasteiger partial charge in [-0.1, -0.05) is 39.0 Å². The maximum absolute atomic E-state index is 11.8. The van der Waals surface area contributed by atoms with Gasteiger partial charge in [-0.3, -0.25) is 10.1 Å². The Kier molecular flexibility index (Phi) is 5.03. The number of nitrogens with zero attached hydrogens (tertiary/aromatic N) is 4. The van der Waals surface area contributed by atoms with E-state index in [1.54, 1.807) is 0 Å². The summed E-state index contributed by atoms with van der Waals surface area (Å²) >= 11 is 5.86. The third kappa shape index (κ3) is 4.36. The van der Waals surface area contributed by atoms with Crippen molar-refractivity contribution in [2.24, 2.45) is 0 Å². The number of hydrogen-bond donors (Lipinski definition) is 1. The predicted molar refractivity (Wildman–Crippen MR) is 91.4 cm³/mol. The fourth-order valence-corrected chi connectivity index (χ4v) is 3.04. The summed E-state index contributed by atoms with van der Waals surface area (Å²) in [4.78, 5) is 11.8. The molecule has 1 N–H and O–H groups in total. The van der Waals surface area contributed by atoms with Gasteiger partial charge in [-0.15, -0.1) is 20.4 Å². The van der Waals surface area contributed by atoms with Crippen LogP contribution in [0.4, 0.5) is 5.13 Å². The summed E-state index contributed by atoms with van der Waals surface area (Å²) in [6.45, 7) is 1.82. The van der Waals surface area contributed by atoms with Crippen molar-refractivity contribution in [2.75, 3.05) is 11.1 Å². The highest BCUT2D eigenvalue weighted by atomic mass is 79.9. The average Bonchev–Trinajstić information content (AvgIpc) is 3.15. The zero-order chi connectivity index (χ0) is 16.2. The number of nitrogens with one attached hydrogen (secondary N) is 1. The van der Waals surface area contributed by atoms with Crippen LogP contribution in [0.1, 0.15) is 5.01 Å². The average molecular weight is 412 g/mol. The molecule has 23 heavy (non-hydrogen) atoms. The Balaban J connectivity index is 1.56. The standard InChI is InChI=1S/C13H10BrN5O2S2/c1-7-16-18-12(23-7)15-10(20)6-22-13-19-17-11(21-13)8-2-4-9(14)5-3-8/h2-5H,6H2,1H3,(H,15,18,20). The normalized spacial score (nSPS) is 10.7. The first-order valence-corrected chi connectivity index (χ1v) is 9.02. The molecule has 0 radical (unpaired) electrons. The van der Waals surface area contributed by atoms with Crippen molar-refractivity contribution in [2.45, 2.75) is 12.1 Å². The molecule has 10 heteroatoms. The minimum atomic E-state index is -0.199. The van der Waals surface area contributed by atoms with Crippen molar-refractivity contribution in [3.8, 4) is 11.5 Å². The number of benzene rings is 1. The number of aromatic nitrogens is 4. The molecule has 0 bridgehead atoms. The van der Waals surface area contributed by atoms with Crippen LogP contribution >= 0.6 is 39.0 Å². The van der Waals surface area contributed by atoms with E-state index in [0.717, 1.165) is 15.0 Å². The van der Waals surface area contributed by atoms with Crippen molar-refractivity contribution in [3.05, 3.63) is 33.7 Å². The minimum Gasteiger partial charge on any atom is -0.411 e. The fourth-order valence-electron chi connectivity index (χ4n) is 1.61. The number of thioether (sulfide) groups is 1. The largest absolute Gasteiger partial charge is 0.411 e. The molecule has 0 unspecified atom stereocenters. The Morgan fingerprint density at radius 3 is 2.74 bits per heavy atom. The quantitative estimate of drug-likeness (QED) is 0.642.